The van der Waals surface area contributed by atoms with Crippen molar-refractivity contribution in [3.63, 3.8) is 0 Å². The van der Waals surface area contributed by atoms with Crippen LogP contribution in [0, 0.1) is 10.1 Å². The fourth-order valence-corrected chi connectivity index (χ4v) is 3.60. The van der Waals surface area contributed by atoms with Crippen LogP contribution in [0.3, 0.4) is 0 Å². The van der Waals surface area contributed by atoms with Gasteiger partial charge < -0.3 is 10.5 Å². The number of ether oxygens (including phenoxy) is 1. The summed E-state index contributed by atoms with van der Waals surface area (Å²) in [7, 11) is 1.51. The smallest absolute Gasteiger partial charge is 0.284 e. The molecule has 0 atom stereocenters. The molecule has 10 heteroatoms. The highest BCUT2D eigenvalue weighted by Gasteiger charge is 2.20. The fraction of sp³-hybridized carbons (Fsp3) is 0.167. The second kappa shape index (κ2) is 8.19. The molecule has 0 aliphatic carbocycles. The molecule has 1 aromatic heterocycles. The third-order valence-electron chi connectivity index (χ3n) is 3.99. The number of nitro benzene ring substituents is 1. The van der Waals surface area contributed by atoms with Crippen LogP contribution < -0.4 is 11.3 Å². The number of primary amides is 1. The fourth-order valence-electron chi connectivity index (χ4n) is 2.60. The molecule has 0 bridgehead atoms. The minimum absolute atomic E-state index is 0.0271. The lowest BCUT2D eigenvalue weighted by Crippen LogP contribution is -2.25. The number of fused-ring (bicyclic) bond motifs is 1. The van der Waals surface area contributed by atoms with Crippen molar-refractivity contribution in [2.45, 2.75) is 16.6 Å². The predicted molar refractivity (Wildman–Crippen MR) is 104 cm³/mol. The first-order valence-corrected chi connectivity index (χ1v) is 8.98. The number of para-hydroxylation sites is 1. The zero-order valence-corrected chi connectivity index (χ0v) is 15.6. The van der Waals surface area contributed by atoms with Gasteiger partial charge in [0.15, 0.2) is 5.16 Å². The minimum atomic E-state index is -0.763. The van der Waals surface area contributed by atoms with E-state index in [0.717, 1.165) is 17.8 Å². The van der Waals surface area contributed by atoms with Gasteiger partial charge in [-0.1, -0.05) is 12.1 Å². The van der Waals surface area contributed by atoms with Gasteiger partial charge in [0.2, 0.25) is 5.91 Å². The normalized spacial score (nSPS) is 10.9. The van der Waals surface area contributed by atoms with Gasteiger partial charge in [-0.3, -0.25) is 24.3 Å². The van der Waals surface area contributed by atoms with E-state index in [0.29, 0.717) is 10.9 Å². The Labute approximate surface area is 163 Å². The molecule has 2 aromatic carbocycles. The largest absolute Gasteiger partial charge is 0.383 e. The van der Waals surface area contributed by atoms with E-state index in [1.807, 2.05) is 0 Å². The van der Waals surface area contributed by atoms with Gasteiger partial charge >= 0.3 is 0 Å². The van der Waals surface area contributed by atoms with E-state index in [9.17, 15) is 19.7 Å². The van der Waals surface area contributed by atoms with Crippen molar-refractivity contribution in [1.82, 2.24) is 9.55 Å². The lowest BCUT2D eigenvalue weighted by Gasteiger charge is -2.13. The zero-order valence-electron chi connectivity index (χ0n) is 14.8. The van der Waals surface area contributed by atoms with Crippen molar-refractivity contribution in [3.8, 4) is 0 Å². The molecule has 0 unspecified atom stereocenters. The number of aromatic nitrogens is 2. The van der Waals surface area contributed by atoms with Gasteiger partial charge in [0.05, 0.1) is 33.9 Å². The first kappa shape index (κ1) is 19.5. The second-order valence-electron chi connectivity index (χ2n) is 5.77. The number of methoxy groups -OCH3 is 1. The van der Waals surface area contributed by atoms with Crippen molar-refractivity contribution in [1.29, 1.82) is 0 Å². The standard InChI is InChI=1S/C18H16N4O5S/c1-27-9-8-21-17(24)12-4-2-3-5-13(12)20-18(21)28-15-7-6-11(16(19)23)10-14(15)22(25)26/h2-7,10H,8-9H2,1H3,(H2,19,23). The van der Waals surface area contributed by atoms with Crippen molar-refractivity contribution >= 4 is 34.3 Å². The third-order valence-corrected chi connectivity index (χ3v) is 5.05. The summed E-state index contributed by atoms with van der Waals surface area (Å²) in [6, 6.07) is 10.8. The van der Waals surface area contributed by atoms with E-state index in [4.69, 9.17) is 10.5 Å². The van der Waals surface area contributed by atoms with E-state index >= 15 is 0 Å². The number of rotatable bonds is 7. The Morgan fingerprint density at radius 1 is 1.32 bits per heavy atom. The number of carbonyl (C=O) groups is 1. The molecule has 28 heavy (non-hydrogen) atoms. The molecule has 9 nitrogen and oxygen atoms in total. The van der Waals surface area contributed by atoms with E-state index in [1.54, 1.807) is 24.3 Å². The maximum absolute atomic E-state index is 12.9. The van der Waals surface area contributed by atoms with Gasteiger partial charge in [-0.15, -0.1) is 0 Å². The van der Waals surface area contributed by atoms with Crippen LogP contribution in [0.15, 0.2) is 57.3 Å². The molecule has 0 spiro atoms. The van der Waals surface area contributed by atoms with Crippen LogP contribution in [0.4, 0.5) is 5.69 Å². The molecule has 0 saturated heterocycles. The quantitative estimate of drug-likeness (QED) is 0.365. The summed E-state index contributed by atoms with van der Waals surface area (Å²) in [5.74, 6) is -0.763. The highest BCUT2D eigenvalue weighted by Crippen LogP contribution is 2.34. The van der Waals surface area contributed by atoms with Gasteiger partial charge in [0.1, 0.15) is 0 Å². The average molecular weight is 400 g/mol. The summed E-state index contributed by atoms with van der Waals surface area (Å²) in [6.07, 6.45) is 0. The topological polar surface area (TPSA) is 130 Å². The van der Waals surface area contributed by atoms with Gasteiger partial charge in [0.25, 0.3) is 11.2 Å². The molecule has 0 aliphatic rings. The number of amides is 1. The van der Waals surface area contributed by atoms with Crippen LogP contribution in [-0.4, -0.2) is 34.1 Å². The molecule has 2 N–H and O–H groups in total. The van der Waals surface area contributed by atoms with Crippen LogP contribution in [0.2, 0.25) is 0 Å². The van der Waals surface area contributed by atoms with Crippen LogP contribution in [0.1, 0.15) is 10.4 Å². The van der Waals surface area contributed by atoms with Gasteiger partial charge in [0, 0.05) is 18.7 Å². The van der Waals surface area contributed by atoms with E-state index in [1.165, 1.54) is 23.8 Å². The summed E-state index contributed by atoms with van der Waals surface area (Å²) >= 11 is 0.972. The third kappa shape index (κ3) is 3.87. The van der Waals surface area contributed by atoms with E-state index in [2.05, 4.69) is 4.98 Å². The SMILES string of the molecule is COCCn1c(Sc2ccc(C(N)=O)cc2[N+](=O)[O-])nc2ccccc2c1=O. The van der Waals surface area contributed by atoms with Crippen molar-refractivity contribution < 1.29 is 14.5 Å². The minimum Gasteiger partial charge on any atom is -0.383 e. The Morgan fingerprint density at radius 3 is 2.75 bits per heavy atom. The van der Waals surface area contributed by atoms with E-state index < -0.39 is 10.8 Å². The van der Waals surface area contributed by atoms with Crippen LogP contribution in [-0.2, 0) is 11.3 Å². The lowest BCUT2D eigenvalue weighted by atomic mass is 10.2. The Bertz CT molecular complexity index is 1130. The Morgan fingerprint density at radius 2 is 2.07 bits per heavy atom. The van der Waals surface area contributed by atoms with Gasteiger partial charge in [-0.25, -0.2) is 4.98 Å². The summed E-state index contributed by atoms with van der Waals surface area (Å²) in [5, 5.41) is 12.2. The van der Waals surface area contributed by atoms with Gasteiger partial charge in [-0.05, 0) is 36.0 Å². The molecule has 3 aromatic rings. The number of hydrogen-bond donors (Lipinski definition) is 1. The molecular formula is C18H16N4O5S. The summed E-state index contributed by atoms with van der Waals surface area (Å²) in [5.41, 5.74) is 5.17. The van der Waals surface area contributed by atoms with Crippen LogP contribution in [0.25, 0.3) is 10.9 Å². The Hall–Kier alpha value is -3.24. The number of hydrogen-bond acceptors (Lipinski definition) is 7. The van der Waals surface area contributed by atoms with Crippen molar-refractivity contribution in [2.24, 2.45) is 5.73 Å². The summed E-state index contributed by atoms with van der Waals surface area (Å²) < 4.78 is 6.48. The molecule has 0 aliphatic heterocycles. The first-order chi connectivity index (χ1) is 13.4. The first-order valence-electron chi connectivity index (χ1n) is 8.17. The summed E-state index contributed by atoms with van der Waals surface area (Å²) in [6.45, 7) is 0.513. The van der Waals surface area contributed by atoms with Gasteiger partial charge in [-0.2, -0.15) is 0 Å². The van der Waals surface area contributed by atoms with Crippen molar-refractivity contribution in [2.75, 3.05) is 13.7 Å². The van der Waals surface area contributed by atoms with Crippen molar-refractivity contribution in [3.05, 3.63) is 68.5 Å². The highest BCUT2D eigenvalue weighted by atomic mass is 32.2. The van der Waals surface area contributed by atoms with Crippen LogP contribution in [0.5, 0.6) is 0 Å². The average Bonchev–Trinajstić information content (AvgIpc) is 2.67. The molecular weight excluding hydrogens is 384 g/mol. The Balaban J connectivity index is 2.15. The number of carbonyl (C=O) groups excluding carboxylic acids is 1. The maximum atomic E-state index is 12.9. The number of benzene rings is 2. The number of nitrogens with two attached hydrogens (primary N) is 1. The number of nitrogens with zero attached hydrogens (tertiary/aromatic N) is 3. The zero-order chi connectivity index (χ0) is 20.3. The highest BCUT2D eigenvalue weighted by molar-refractivity contribution is 7.99. The van der Waals surface area contributed by atoms with E-state index in [-0.39, 0.29) is 40.0 Å². The molecule has 1 heterocycles. The molecule has 0 fully saturated rings. The molecule has 1 amide bonds. The molecule has 144 valence electrons. The second-order valence-corrected chi connectivity index (χ2v) is 6.78. The maximum Gasteiger partial charge on any atom is 0.284 e. The Kier molecular flexibility index (Phi) is 5.71. The molecule has 3 rings (SSSR count). The molecule has 0 saturated carbocycles. The number of nitro groups is 1. The lowest BCUT2D eigenvalue weighted by molar-refractivity contribution is -0.387. The summed E-state index contributed by atoms with van der Waals surface area (Å²) in [4.78, 5) is 39.8. The van der Waals surface area contributed by atoms with Crippen LogP contribution >= 0.6 is 11.8 Å². The predicted octanol–water partition coefficient (Wildman–Crippen LogP) is 2.20. The molecule has 0 radical (unpaired) electrons. The monoisotopic (exact) mass is 400 g/mol.